The van der Waals surface area contributed by atoms with Gasteiger partial charge in [0.2, 0.25) is 16.0 Å². The average molecular weight is 678 g/mol. The maximum Gasteiger partial charge on any atom is 0.239 e. The van der Waals surface area contributed by atoms with E-state index in [1.807, 2.05) is 32.0 Å². The maximum atomic E-state index is 14.2. The van der Waals surface area contributed by atoms with Gasteiger partial charge in [0.15, 0.2) is 4.57 Å². The van der Waals surface area contributed by atoms with Gasteiger partial charge in [0.25, 0.3) is 0 Å². The number of alkyl halides is 1. The van der Waals surface area contributed by atoms with Gasteiger partial charge in [-0.15, -0.1) is 0 Å². The molecule has 0 N–H and O–H groups in total. The topological polar surface area (TPSA) is 63.2 Å². The minimum atomic E-state index is -3.65. The third kappa shape index (κ3) is 6.01. The SMILES string of the molecule is CC(C)c1nc(N(C)S(C)(=O)=O)nc(-c2ccc(F)cc2)c1C(Br)[P+](c1ccccc1)(c1ccccc1)c1ccccc1. The molecule has 1 unspecified atom stereocenters. The van der Waals surface area contributed by atoms with Crippen LogP contribution in [0.1, 0.15) is 35.6 Å². The Kier molecular flexibility index (Phi) is 9.12. The van der Waals surface area contributed by atoms with Gasteiger partial charge in [0.1, 0.15) is 29.0 Å². The minimum absolute atomic E-state index is 0.0667. The summed E-state index contributed by atoms with van der Waals surface area (Å²) in [6.45, 7) is 4.08. The molecule has 0 fully saturated rings. The highest BCUT2D eigenvalue weighted by Gasteiger charge is 2.54. The van der Waals surface area contributed by atoms with Crippen molar-refractivity contribution in [3.63, 3.8) is 0 Å². The zero-order valence-electron chi connectivity index (χ0n) is 24.4. The maximum absolute atomic E-state index is 14.2. The third-order valence-corrected chi connectivity index (χ3v) is 15.2. The van der Waals surface area contributed by atoms with Crippen molar-refractivity contribution in [3.8, 4) is 11.3 Å². The summed E-state index contributed by atoms with van der Waals surface area (Å²) < 4.78 is 40.2. The van der Waals surface area contributed by atoms with Crippen LogP contribution in [-0.4, -0.2) is 31.7 Å². The van der Waals surface area contributed by atoms with Crippen LogP contribution >= 0.6 is 23.2 Å². The number of benzene rings is 4. The first-order valence-electron chi connectivity index (χ1n) is 13.9. The molecular weight excluding hydrogens is 644 g/mol. The Morgan fingerprint density at radius 1 is 0.744 bits per heavy atom. The molecule has 43 heavy (non-hydrogen) atoms. The van der Waals surface area contributed by atoms with E-state index in [-0.39, 0.29) is 22.3 Å². The van der Waals surface area contributed by atoms with E-state index in [9.17, 15) is 12.8 Å². The predicted molar refractivity (Wildman–Crippen MR) is 182 cm³/mol. The summed E-state index contributed by atoms with van der Waals surface area (Å²) in [7, 11) is -4.73. The number of hydrogen-bond donors (Lipinski definition) is 0. The Balaban J connectivity index is 1.94. The van der Waals surface area contributed by atoms with Gasteiger partial charge in [0.05, 0.1) is 23.2 Å². The Morgan fingerprint density at radius 3 is 1.58 bits per heavy atom. The predicted octanol–water partition coefficient (Wildman–Crippen LogP) is 7.19. The highest BCUT2D eigenvalue weighted by Crippen LogP contribution is 2.70. The van der Waals surface area contributed by atoms with Gasteiger partial charge in [-0.2, -0.15) is 0 Å². The van der Waals surface area contributed by atoms with Crippen LogP contribution in [0.2, 0.25) is 0 Å². The van der Waals surface area contributed by atoms with E-state index in [1.165, 1.54) is 19.2 Å². The molecule has 0 radical (unpaired) electrons. The standard InChI is InChI=1S/C34H33BrFN3O2PS/c1-24(2)31-30(32(25-20-22-26(36)23-21-25)38-34(37-31)39(3)43(4,40)41)33(35)42(27-14-8-5-9-15-27,28-16-10-6-11-17-28)29-18-12-7-13-19-29/h5-24,33H,1-4H3/q+1. The van der Waals surface area contributed by atoms with Crippen LogP contribution in [0.4, 0.5) is 10.3 Å². The first-order valence-corrected chi connectivity index (χ1v) is 18.5. The van der Waals surface area contributed by atoms with Gasteiger partial charge in [-0.05, 0) is 82.5 Å². The van der Waals surface area contributed by atoms with Gasteiger partial charge < -0.3 is 0 Å². The molecule has 5 aromatic rings. The summed E-state index contributed by atoms with van der Waals surface area (Å²) in [5.41, 5.74) is 2.78. The lowest BCUT2D eigenvalue weighted by Crippen LogP contribution is -2.34. The number of anilines is 1. The molecule has 0 amide bonds. The molecule has 1 atom stereocenters. The molecule has 1 aromatic heterocycles. The van der Waals surface area contributed by atoms with Gasteiger partial charge in [0, 0.05) is 12.6 Å². The van der Waals surface area contributed by atoms with E-state index >= 15 is 0 Å². The molecule has 4 aromatic carbocycles. The monoisotopic (exact) mass is 676 g/mol. The summed E-state index contributed by atoms with van der Waals surface area (Å²) in [6, 6.07) is 37.5. The highest BCUT2D eigenvalue weighted by atomic mass is 79.9. The molecule has 0 saturated carbocycles. The zero-order chi connectivity index (χ0) is 30.8. The fourth-order valence-corrected chi connectivity index (χ4v) is 12.5. The van der Waals surface area contributed by atoms with Crippen LogP contribution in [-0.2, 0) is 10.0 Å². The summed E-state index contributed by atoms with van der Waals surface area (Å²) in [6.07, 6.45) is 1.13. The van der Waals surface area contributed by atoms with Gasteiger partial charge in [-0.1, -0.05) is 68.4 Å². The second-order valence-corrected chi connectivity index (χ2v) is 17.8. The summed E-state index contributed by atoms with van der Waals surface area (Å²) >= 11 is 4.27. The number of halogens is 2. The Labute approximate surface area is 262 Å². The number of aromatic nitrogens is 2. The summed E-state index contributed by atoms with van der Waals surface area (Å²) in [5, 5.41) is 3.48. The molecule has 5 rings (SSSR count). The van der Waals surface area contributed by atoms with Crippen LogP contribution in [0.3, 0.4) is 0 Å². The van der Waals surface area contributed by atoms with E-state index in [0.29, 0.717) is 17.0 Å². The largest absolute Gasteiger partial charge is 0.241 e. The first kappa shape index (κ1) is 31.0. The normalized spacial score (nSPS) is 12.7. The molecule has 220 valence electrons. The van der Waals surface area contributed by atoms with Crippen LogP contribution in [0, 0.1) is 5.82 Å². The van der Waals surface area contributed by atoms with E-state index < -0.39 is 17.3 Å². The van der Waals surface area contributed by atoms with E-state index in [2.05, 4.69) is 88.7 Å². The van der Waals surface area contributed by atoms with E-state index in [0.717, 1.165) is 32.0 Å². The van der Waals surface area contributed by atoms with Crippen molar-refractivity contribution in [2.24, 2.45) is 0 Å². The molecule has 1 heterocycles. The van der Waals surface area contributed by atoms with Crippen LogP contribution < -0.4 is 20.2 Å². The van der Waals surface area contributed by atoms with Gasteiger partial charge in [-0.25, -0.2) is 27.1 Å². The third-order valence-electron chi connectivity index (χ3n) is 7.48. The lowest BCUT2D eigenvalue weighted by atomic mass is 9.99. The van der Waals surface area contributed by atoms with Crippen molar-refractivity contribution >= 4 is 55.1 Å². The number of sulfonamides is 1. The van der Waals surface area contributed by atoms with Crippen molar-refractivity contribution < 1.29 is 12.8 Å². The van der Waals surface area contributed by atoms with Crippen molar-refractivity contribution in [1.29, 1.82) is 0 Å². The smallest absolute Gasteiger partial charge is 0.239 e. The quantitative estimate of drug-likeness (QED) is 0.123. The number of hydrogen-bond acceptors (Lipinski definition) is 4. The molecule has 5 nitrogen and oxygen atoms in total. The minimum Gasteiger partial charge on any atom is -0.241 e. The van der Waals surface area contributed by atoms with Crippen molar-refractivity contribution in [2.75, 3.05) is 17.6 Å². The Hall–Kier alpha value is -3.45. The molecule has 0 aliphatic rings. The molecule has 0 spiro atoms. The molecule has 0 aliphatic heterocycles. The second-order valence-electron chi connectivity index (χ2n) is 10.6. The molecule has 9 heteroatoms. The van der Waals surface area contributed by atoms with Gasteiger partial charge in [-0.3, -0.25) is 0 Å². The Morgan fingerprint density at radius 2 is 1.19 bits per heavy atom. The lowest BCUT2D eigenvalue weighted by Gasteiger charge is -2.34. The van der Waals surface area contributed by atoms with Crippen molar-refractivity contribution in [2.45, 2.75) is 24.3 Å². The lowest BCUT2D eigenvalue weighted by molar-refractivity contribution is 0.599. The zero-order valence-corrected chi connectivity index (χ0v) is 27.7. The average Bonchev–Trinajstić information content (AvgIpc) is 3.02. The van der Waals surface area contributed by atoms with Gasteiger partial charge >= 0.3 is 0 Å². The van der Waals surface area contributed by atoms with Crippen molar-refractivity contribution in [1.82, 2.24) is 9.97 Å². The van der Waals surface area contributed by atoms with E-state index in [4.69, 9.17) is 9.97 Å². The molecule has 0 saturated heterocycles. The second kappa shape index (κ2) is 12.7. The fourth-order valence-electron chi connectivity index (χ4n) is 5.29. The van der Waals surface area contributed by atoms with Crippen molar-refractivity contribution in [3.05, 3.63) is 132 Å². The summed E-state index contributed by atoms with van der Waals surface area (Å²) in [5.74, 6) is -0.391. The summed E-state index contributed by atoms with van der Waals surface area (Å²) in [4.78, 5) is 9.81. The molecular formula is C34H33BrFN3O2PS+. The van der Waals surface area contributed by atoms with E-state index in [1.54, 1.807) is 12.1 Å². The fraction of sp³-hybridized carbons (Fsp3) is 0.176. The van der Waals surface area contributed by atoms with Crippen LogP contribution in [0.5, 0.6) is 0 Å². The van der Waals surface area contributed by atoms with Crippen LogP contribution in [0.25, 0.3) is 11.3 Å². The first-order chi connectivity index (χ1) is 20.5. The highest BCUT2D eigenvalue weighted by molar-refractivity contribution is 9.10. The number of rotatable bonds is 9. The molecule has 0 aliphatic carbocycles. The van der Waals surface area contributed by atoms with Crippen LogP contribution in [0.15, 0.2) is 115 Å². The number of nitrogens with zero attached hydrogens (tertiary/aromatic N) is 3. The Bertz CT molecular complexity index is 1710. The molecule has 0 bridgehead atoms.